The van der Waals surface area contributed by atoms with Gasteiger partial charge in [0.25, 0.3) is 0 Å². The molecule has 1 aromatic carbocycles. The van der Waals surface area contributed by atoms with Gasteiger partial charge >= 0.3 is 6.18 Å². The minimum absolute atomic E-state index is 0.164. The lowest BCUT2D eigenvalue weighted by atomic mass is 10.0. The van der Waals surface area contributed by atoms with Gasteiger partial charge in [-0.2, -0.15) is 13.2 Å². The van der Waals surface area contributed by atoms with Crippen molar-refractivity contribution in [3.63, 3.8) is 0 Å². The van der Waals surface area contributed by atoms with E-state index in [-0.39, 0.29) is 11.5 Å². The molecule has 2 rings (SSSR count). The number of hydrogen-bond acceptors (Lipinski definition) is 1. The molecule has 0 bridgehead atoms. The summed E-state index contributed by atoms with van der Waals surface area (Å²) in [5.74, 6) is -3.13. The summed E-state index contributed by atoms with van der Waals surface area (Å²) < 4.78 is 64.3. The number of rotatable bonds is 2. The Morgan fingerprint density at radius 2 is 1.84 bits per heavy atom. The van der Waals surface area contributed by atoms with E-state index in [1.165, 1.54) is 0 Å². The van der Waals surface area contributed by atoms with E-state index < -0.39 is 23.4 Å². The molecule has 1 N–H and O–H groups in total. The average Bonchev–Trinajstić information content (AvgIpc) is 2.25. The van der Waals surface area contributed by atoms with Crippen molar-refractivity contribution in [2.75, 3.05) is 13.1 Å². The monoisotopic (exact) mass is 295 g/mol. The van der Waals surface area contributed by atoms with Crippen LogP contribution in [0.4, 0.5) is 22.0 Å². The molecule has 1 aliphatic heterocycles. The maximum Gasteiger partial charge on any atom is 0.419 e. The quantitative estimate of drug-likeness (QED) is 0.651. The van der Waals surface area contributed by atoms with E-state index in [2.05, 4.69) is 14.6 Å². The van der Waals surface area contributed by atoms with Crippen LogP contribution in [0.25, 0.3) is 5.31 Å². The van der Waals surface area contributed by atoms with Crippen LogP contribution in [-0.4, -0.2) is 13.1 Å². The van der Waals surface area contributed by atoms with Crippen molar-refractivity contribution < 1.29 is 22.0 Å². The number of hydrogen-bond donors (Lipinski definition) is 1. The van der Waals surface area contributed by atoms with Gasteiger partial charge in [0.05, 0.1) is 5.56 Å². The first-order valence-electron chi connectivity index (χ1n) is 5.54. The van der Waals surface area contributed by atoms with Gasteiger partial charge in [-0.05, 0) is 11.4 Å². The molecular weight excluding hydrogens is 284 g/mol. The molecule has 7 heteroatoms. The van der Waals surface area contributed by atoms with Gasteiger partial charge in [0, 0.05) is 24.6 Å². The fourth-order valence-electron chi connectivity index (χ4n) is 1.76. The second-order valence-electron chi connectivity index (χ2n) is 4.33. The molecule has 0 aromatic heterocycles. The summed E-state index contributed by atoms with van der Waals surface area (Å²) in [6.45, 7) is 1.45. The molecule has 1 heterocycles. The molecule has 1 fully saturated rings. The Bertz CT molecular complexity index is 520. The summed E-state index contributed by atoms with van der Waals surface area (Å²) in [4.78, 5) is 0. The lowest BCUT2D eigenvalue weighted by molar-refractivity contribution is -0.140. The van der Waals surface area contributed by atoms with Gasteiger partial charge in [-0.25, -0.2) is 8.78 Å². The summed E-state index contributed by atoms with van der Waals surface area (Å²) in [5.41, 5.74) is -1.75. The molecule has 1 aliphatic rings. The zero-order valence-electron chi connectivity index (χ0n) is 9.69. The number of nitrogens with one attached hydrogen (secondary N) is 1. The van der Waals surface area contributed by atoms with Gasteiger partial charge in [0.15, 0.2) is 11.6 Å². The summed E-state index contributed by atoms with van der Waals surface area (Å²) >= 11 is 0. The molecule has 0 amide bonds. The van der Waals surface area contributed by atoms with Gasteiger partial charge in [0.2, 0.25) is 0 Å². The zero-order chi connectivity index (χ0) is 14.2. The van der Waals surface area contributed by atoms with Gasteiger partial charge in [-0.15, -0.1) is 9.24 Å². The minimum atomic E-state index is -4.90. The Morgan fingerprint density at radius 1 is 1.21 bits per heavy atom. The van der Waals surface area contributed by atoms with Crippen LogP contribution < -0.4 is 5.32 Å². The Hall–Kier alpha value is -1.00. The predicted octanol–water partition coefficient (Wildman–Crippen LogP) is 3.42. The van der Waals surface area contributed by atoms with E-state index in [4.69, 9.17) is 0 Å². The standard InChI is InChI=1S/C12H11F5NP/c13-10-7(9(19)3-6-4-18-5-6)1-2-8(11(10)14)12(15,16)17/h1-3,6,18H,4-5,19H2/b9-3-. The Labute approximate surface area is 109 Å². The second kappa shape index (κ2) is 5.17. The van der Waals surface area contributed by atoms with Gasteiger partial charge in [-0.3, -0.25) is 0 Å². The third kappa shape index (κ3) is 2.95. The van der Waals surface area contributed by atoms with Crippen molar-refractivity contribution in [1.29, 1.82) is 0 Å². The third-order valence-corrected chi connectivity index (χ3v) is 3.43. The highest BCUT2D eigenvalue weighted by Gasteiger charge is 2.36. The molecular formula is C12H11F5NP. The van der Waals surface area contributed by atoms with Crippen molar-refractivity contribution in [3.8, 4) is 0 Å². The van der Waals surface area contributed by atoms with Gasteiger partial charge < -0.3 is 5.32 Å². The molecule has 1 aromatic rings. The summed E-state index contributed by atoms with van der Waals surface area (Å²) in [5, 5.41) is 3.36. The highest BCUT2D eigenvalue weighted by Crippen LogP contribution is 2.35. The van der Waals surface area contributed by atoms with E-state index in [1.54, 1.807) is 6.08 Å². The fourth-order valence-corrected chi connectivity index (χ4v) is 2.26. The van der Waals surface area contributed by atoms with Crippen LogP contribution in [0.3, 0.4) is 0 Å². The molecule has 104 valence electrons. The maximum absolute atomic E-state index is 13.7. The highest BCUT2D eigenvalue weighted by molar-refractivity contribution is 7.31. The number of alkyl halides is 3. The minimum Gasteiger partial charge on any atom is -0.315 e. The normalized spacial score (nSPS) is 17.5. The summed E-state index contributed by atoms with van der Waals surface area (Å²) in [6, 6.07) is 1.51. The van der Waals surface area contributed by atoms with Crippen molar-refractivity contribution >= 4 is 14.6 Å². The highest BCUT2D eigenvalue weighted by atomic mass is 31.0. The Morgan fingerprint density at radius 3 is 2.32 bits per heavy atom. The van der Waals surface area contributed by atoms with Crippen molar-refractivity contribution in [3.05, 3.63) is 41.0 Å². The number of benzene rings is 1. The molecule has 0 spiro atoms. The van der Waals surface area contributed by atoms with Gasteiger partial charge in [0.1, 0.15) is 0 Å². The van der Waals surface area contributed by atoms with Gasteiger partial charge in [-0.1, -0.05) is 12.1 Å². The molecule has 19 heavy (non-hydrogen) atoms. The first-order valence-corrected chi connectivity index (χ1v) is 6.12. The van der Waals surface area contributed by atoms with E-state index in [0.717, 1.165) is 19.2 Å². The molecule has 1 nitrogen and oxygen atoms in total. The van der Waals surface area contributed by atoms with Crippen LogP contribution in [0, 0.1) is 17.6 Å². The average molecular weight is 295 g/mol. The lowest BCUT2D eigenvalue weighted by Gasteiger charge is -2.24. The Kier molecular flexibility index (Phi) is 3.92. The van der Waals surface area contributed by atoms with Crippen molar-refractivity contribution in [2.24, 2.45) is 5.92 Å². The molecule has 1 unspecified atom stereocenters. The third-order valence-electron chi connectivity index (χ3n) is 2.93. The lowest BCUT2D eigenvalue weighted by Crippen LogP contribution is -2.40. The van der Waals surface area contributed by atoms with Crippen LogP contribution in [0.1, 0.15) is 11.1 Å². The van der Waals surface area contributed by atoms with Crippen molar-refractivity contribution in [1.82, 2.24) is 5.32 Å². The van der Waals surface area contributed by atoms with E-state index in [9.17, 15) is 22.0 Å². The second-order valence-corrected chi connectivity index (χ2v) is 4.95. The largest absolute Gasteiger partial charge is 0.419 e. The summed E-state index contributed by atoms with van der Waals surface area (Å²) in [7, 11) is 2.23. The fraction of sp³-hybridized carbons (Fsp3) is 0.333. The first-order chi connectivity index (χ1) is 8.80. The topological polar surface area (TPSA) is 12.0 Å². The Balaban J connectivity index is 2.38. The molecule has 0 radical (unpaired) electrons. The van der Waals surface area contributed by atoms with E-state index in [1.807, 2.05) is 0 Å². The molecule has 1 atom stereocenters. The molecule has 1 saturated heterocycles. The number of halogens is 5. The molecule has 0 aliphatic carbocycles. The predicted molar refractivity (Wildman–Crippen MR) is 65.4 cm³/mol. The van der Waals surface area contributed by atoms with Crippen molar-refractivity contribution in [2.45, 2.75) is 6.18 Å². The van der Waals surface area contributed by atoms with Crippen LogP contribution in [-0.2, 0) is 6.18 Å². The van der Waals surface area contributed by atoms with Crippen LogP contribution >= 0.6 is 9.24 Å². The van der Waals surface area contributed by atoms with E-state index >= 15 is 0 Å². The van der Waals surface area contributed by atoms with E-state index in [0.29, 0.717) is 11.4 Å². The first kappa shape index (κ1) is 14.4. The summed E-state index contributed by atoms with van der Waals surface area (Å²) in [6.07, 6.45) is -3.20. The SMILES string of the molecule is Fc1c(/C(P)=C/C2CNC2)ccc(C(F)(F)F)c1F. The van der Waals surface area contributed by atoms with Crippen LogP contribution in [0.5, 0.6) is 0 Å². The zero-order valence-corrected chi connectivity index (χ0v) is 10.8. The smallest absolute Gasteiger partial charge is 0.315 e. The maximum atomic E-state index is 13.7. The molecule has 0 saturated carbocycles. The van der Waals surface area contributed by atoms with Crippen LogP contribution in [0.15, 0.2) is 18.2 Å². The van der Waals surface area contributed by atoms with Crippen LogP contribution in [0.2, 0.25) is 0 Å².